The standard InChI is InChI=1S/C74H97N5O12/c80-66(79-51-32-31-48-76(52-53-77-49-33-50-78(58-77)54-55-79)47-30-11-7-2-1-6-10-29-46-75-74(85)87-56-59-34-17-12-18-35-59)45-28-9-5-3-4-8-27-44-64-67(89-71(82)61-38-21-14-22-39-61)69(91-73(84)63-42-25-16-26-43-63)68(90-72(83)62-40-23-15-24-41-62)65(88-64)57-86-70(81)60-36-19-13-20-37-60/h12-26,34-43,64-65,67-69H,1-11,27-33,44-58H2,(H,75,85)/t64-,65+,67-,68+,69+/m1/s1. The van der Waals surface area contributed by atoms with Gasteiger partial charge in [-0.05, 0) is 112 Å². The molecular formula is C74H97N5O12. The van der Waals surface area contributed by atoms with Crippen LogP contribution in [-0.2, 0) is 39.8 Å². The molecule has 3 aliphatic heterocycles. The first-order chi connectivity index (χ1) is 44.7. The molecule has 3 saturated heterocycles. The van der Waals surface area contributed by atoms with E-state index in [9.17, 15) is 28.8 Å². The van der Waals surface area contributed by atoms with Crippen molar-refractivity contribution in [3.63, 3.8) is 0 Å². The maximum absolute atomic E-state index is 14.1. The van der Waals surface area contributed by atoms with Gasteiger partial charge in [0.1, 0.15) is 19.3 Å². The molecule has 2 unspecified atom stereocenters. The summed E-state index contributed by atoms with van der Waals surface area (Å²) in [5, 5.41) is 2.88. The molecule has 0 spiro atoms. The topological polar surface area (TPSA) is 183 Å². The van der Waals surface area contributed by atoms with E-state index in [0.717, 1.165) is 142 Å². The van der Waals surface area contributed by atoms with Crippen molar-refractivity contribution in [1.82, 2.24) is 24.9 Å². The maximum Gasteiger partial charge on any atom is 0.407 e. The summed E-state index contributed by atoms with van der Waals surface area (Å²) in [5.41, 5.74) is 2.03. The van der Waals surface area contributed by atoms with Gasteiger partial charge in [0, 0.05) is 58.8 Å². The first-order valence-corrected chi connectivity index (χ1v) is 33.7. The number of carbonyl (C=O) groups excluding carboxylic acids is 6. The Morgan fingerprint density at radius 1 is 0.418 bits per heavy atom. The van der Waals surface area contributed by atoms with E-state index in [1.54, 1.807) is 121 Å². The van der Waals surface area contributed by atoms with Crippen LogP contribution >= 0.6 is 0 Å². The van der Waals surface area contributed by atoms with Gasteiger partial charge in [0.05, 0.1) is 35.0 Å². The van der Waals surface area contributed by atoms with E-state index in [1.165, 1.54) is 38.5 Å². The normalized spacial score (nSPS) is 20.5. The van der Waals surface area contributed by atoms with Crippen LogP contribution in [0.4, 0.5) is 4.79 Å². The van der Waals surface area contributed by atoms with Crippen LogP contribution in [-0.4, -0.2) is 165 Å². The minimum Gasteiger partial charge on any atom is -0.459 e. The Bertz CT molecular complexity index is 2910. The largest absolute Gasteiger partial charge is 0.459 e. The zero-order chi connectivity index (χ0) is 63.5. The number of nitrogens with one attached hydrogen (secondary N) is 1. The molecular weight excluding hydrogens is 1150 g/mol. The third kappa shape index (κ3) is 24.6. The molecule has 2 amide bonds. The van der Waals surface area contributed by atoms with Gasteiger partial charge in [-0.2, -0.15) is 0 Å². The minimum atomic E-state index is -1.38. The number of hydrogen-bond donors (Lipinski definition) is 1. The van der Waals surface area contributed by atoms with Crippen LogP contribution in [0.3, 0.4) is 0 Å². The van der Waals surface area contributed by atoms with Gasteiger partial charge in [-0.3, -0.25) is 14.6 Å². The Balaban J connectivity index is 0.784. The van der Waals surface area contributed by atoms with Gasteiger partial charge < -0.3 is 43.5 Å². The molecule has 0 radical (unpaired) electrons. The highest BCUT2D eigenvalue weighted by atomic mass is 16.7. The number of ether oxygens (including phenoxy) is 6. The molecule has 490 valence electrons. The first kappa shape index (κ1) is 69.4. The van der Waals surface area contributed by atoms with Gasteiger partial charge in [-0.15, -0.1) is 0 Å². The molecule has 17 heteroatoms. The third-order valence-electron chi connectivity index (χ3n) is 17.4. The molecule has 0 aliphatic carbocycles. The third-order valence-corrected chi connectivity index (χ3v) is 17.4. The summed E-state index contributed by atoms with van der Waals surface area (Å²) < 4.78 is 36.8. The Kier molecular flexibility index (Phi) is 30.3. The molecule has 91 heavy (non-hydrogen) atoms. The van der Waals surface area contributed by atoms with E-state index < -0.39 is 54.4 Å². The first-order valence-electron chi connectivity index (χ1n) is 33.7. The van der Waals surface area contributed by atoms with E-state index in [2.05, 4.69) is 24.9 Å². The second-order valence-corrected chi connectivity index (χ2v) is 24.4. The second kappa shape index (κ2) is 39.7. The maximum atomic E-state index is 14.1. The molecule has 3 heterocycles. The van der Waals surface area contributed by atoms with Gasteiger partial charge in [-0.1, -0.05) is 180 Å². The number of rotatable bonds is 32. The highest BCUT2D eigenvalue weighted by Gasteiger charge is 2.53. The quantitative estimate of drug-likeness (QED) is 0.0244. The zero-order valence-corrected chi connectivity index (χ0v) is 53.3. The SMILES string of the molecule is O=C(NCCCCCCCCCCN1CCCCN(C(=O)CCCCCCCCC[C@H]2O[C@@H](COC(=O)c3ccccc3)[C@H](OC(=O)c3ccccc3)[C@@H](OC(=O)c3ccccc3)[C@@H]2OC(=O)c2ccccc2)CCN2CCCN(CC1)C2)OCc1ccccc1. The lowest BCUT2D eigenvalue weighted by Gasteiger charge is -2.45. The number of amides is 2. The fourth-order valence-corrected chi connectivity index (χ4v) is 12.2. The summed E-state index contributed by atoms with van der Waals surface area (Å²) in [4.78, 5) is 91.4. The number of fused-ring (bicyclic) bond motifs is 2. The molecule has 17 nitrogen and oxygen atoms in total. The Morgan fingerprint density at radius 2 is 0.879 bits per heavy atom. The van der Waals surface area contributed by atoms with Crippen LogP contribution in [0, 0.1) is 0 Å². The fraction of sp³-hybridized carbons (Fsp3) is 0.514. The minimum absolute atomic E-state index is 0.231. The van der Waals surface area contributed by atoms with Gasteiger partial charge in [0.15, 0.2) is 18.3 Å². The van der Waals surface area contributed by atoms with Crippen molar-refractivity contribution in [1.29, 1.82) is 0 Å². The summed E-state index contributed by atoms with van der Waals surface area (Å²) in [5.74, 6) is -2.50. The van der Waals surface area contributed by atoms with Crippen LogP contribution < -0.4 is 5.32 Å². The molecule has 2 bridgehead atoms. The van der Waals surface area contributed by atoms with Crippen molar-refractivity contribution >= 4 is 35.9 Å². The predicted molar refractivity (Wildman–Crippen MR) is 350 cm³/mol. The number of benzene rings is 5. The smallest absolute Gasteiger partial charge is 0.407 e. The van der Waals surface area contributed by atoms with Crippen molar-refractivity contribution in [2.45, 2.75) is 166 Å². The summed E-state index contributed by atoms with van der Waals surface area (Å²) >= 11 is 0. The van der Waals surface area contributed by atoms with Gasteiger partial charge in [0.2, 0.25) is 5.91 Å². The highest BCUT2D eigenvalue weighted by molar-refractivity contribution is 5.91. The van der Waals surface area contributed by atoms with Crippen LogP contribution in [0.15, 0.2) is 152 Å². The van der Waals surface area contributed by atoms with Crippen molar-refractivity contribution in [3.8, 4) is 0 Å². The molecule has 8 rings (SSSR count). The van der Waals surface area contributed by atoms with Crippen LogP contribution in [0.1, 0.15) is 175 Å². The summed E-state index contributed by atoms with van der Waals surface area (Å²) in [6, 6.07) is 43.5. The van der Waals surface area contributed by atoms with Gasteiger partial charge >= 0.3 is 30.0 Å². The average Bonchev–Trinajstić information content (AvgIpc) is 0.858. The van der Waals surface area contributed by atoms with Gasteiger partial charge in [-0.25, -0.2) is 24.0 Å². The highest BCUT2D eigenvalue weighted by Crippen LogP contribution is 2.34. The second-order valence-electron chi connectivity index (χ2n) is 24.4. The Hall–Kier alpha value is -7.44. The number of esters is 4. The van der Waals surface area contributed by atoms with Gasteiger partial charge in [0.25, 0.3) is 0 Å². The number of carbonyl (C=O) groups is 6. The van der Waals surface area contributed by atoms with Crippen LogP contribution in [0.25, 0.3) is 0 Å². The lowest BCUT2D eigenvalue weighted by Crippen LogP contribution is -2.62. The monoisotopic (exact) mass is 1250 g/mol. The summed E-state index contributed by atoms with van der Waals surface area (Å²) in [6.07, 6.45) is 13.4. The van der Waals surface area contributed by atoms with E-state index in [4.69, 9.17) is 28.4 Å². The van der Waals surface area contributed by atoms with E-state index in [0.29, 0.717) is 31.4 Å². The predicted octanol–water partition coefficient (Wildman–Crippen LogP) is 12.7. The molecule has 0 saturated carbocycles. The van der Waals surface area contributed by atoms with Crippen molar-refractivity contribution < 1.29 is 57.2 Å². The molecule has 5 aromatic carbocycles. The Labute approximate surface area is 539 Å². The molecule has 5 aromatic rings. The number of unbranched alkanes of at least 4 members (excludes halogenated alkanes) is 13. The molecule has 0 aromatic heterocycles. The van der Waals surface area contributed by atoms with Crippen molar-refractivity contribution in [3.05, 3.63) is 179 Å². The van der Waals surface area contributed by atoms with E-state index in [1.807, 2.05) is 30.3 Å². The lowest BCUT2D eigenvalue weighted by atomic mass is 9.91. The van der Waals surface area contributed by atoms with Crippen molar-refractivity contribution in [2.75, 3.05) is 78.7 Å². The van der Waals surface area contributed by atoms with Crippen molar-refractivity contribution in [2.24, 2.45) is 0 Å². The Morgan fingerprint density at radius 3 is 1.45 bits per heavy atom. The zero-order valence-electron chi connectivity index (χ0n) is 53.3. The summed E-state index contributed by atoms with van der Waals surface area (Å²) in [6.45, 7) is 10.6. The molecule has 3 fully saturated rings. The number of hydrogen-bond acceptors (Lipinski definition) is 15. The van der Waals surface area contributed by atoms with E-state index in [-0.39, 0.29) is 41.9 Å². The molecule has 3 aliphatic rings. The molecule has 7 atom stereocenters. The number of nitrogens with zero attached hydrogens (tertiary/aromatic N) is 4. The number of alkyl carbamates (subject to hydrolysis) is 1. The molecule has 1 N–H and O–H groups in total. The van der Waals surface area contributed by atoms with Crippen LogP contribution in [0.2, 0.25) is 0 Å². The lowest BCUT2D eigenvalue weighted by molar-refractivity contribution is -0.230. The van der Waals surface area contributed by atoms with E-state index >= 15 is 0 Å². The van der Waals surface area contributed by atoms with Crippen LogP contribution in [0.5, 0.6) is 0 Å². The average molecular weight is 1250 g/mol. The fourth-order valence-electron chi connectivity index (χ4n) is 12.2. The summed E-state index contributed by atoms with van der Waals surface area (Å²) in [7, 11) is 0.